The number of hydrogen-bond donors (Lipinski definition) is 0. The van der Waals surface area contributed by atoms with Crippen LogP contribution < -0.4 is 0 Å². The fourth-order valence-electron chi connectivity index (χ4n) is 1.77. The minimum atomic E-state index is 0.784. The largest absolute Gasteiger partial charge is 0.385 e. The molecule has 18 heavy (non-hydrogen) atoms. The number of aryl methyl sites for hydroxylation is 1. The molecule has 1 aromatic rings. The Labute approximate surface area is 109 Å². The zero-order valence-corrected chi connectivity index (χ0v) is 10.8. The highest BCUT2D eigenvalue weighted by Gasteiger charge is 2.05. The van der Waals surface area contributed by atoms with Crippen molar-refractivity contribution < 1.29 is 4.84 Å². The van der Waals surface area contributed by atoms with E-state index >= 15 is 0 Å². The minimum absolute atomic E-state index is 0.784. The molecular weight excluding hydrogens is 222 g/mol. The van der Waals surface area contributed by atoms with Crippen LogP contribution in [0.2, 0.25) is 0 Å². The average molecular weight is 241 g/mol. The fourth-order valence-corrected chi connectivity index (χ4v) is 1.77. The lowest BCUT2D eigenvalue weighted by Gasteiger charge is -2.23. The molecule has 0 fully saturated rings. The summed E-state index contributed by atoms with van der Waals surface area (Å²) >= 11 is 0. The molecule has 0 aliphatic carbocycles. The van der Waals surface area contributed by atoms with Crippen LogP contribution in [0.25, 0.3) is 0 Å². The van der Waals surface area contributed by atoms with Crippen molar-refractivity contribution in [1.29, 1.82) is 0 Å². The third-order valence-corrected chi connectivity index (χ3v) is 2.88. The smallest absolute Gasteiger partial charge is 0.125 e. The molecular formula is C16H19NO. The van der Waals surface area contributed by atoms with Crippen molar-refractivity contribution in [3.05, 3.63) is 72.2 Å². The molecule has 0 N–H and O–H groups in total. The molecule has 0 atom stereocenters. The van der Waals surface area contributed by atoms with Gasteiger partial charge in [-0.2, -0.15) is 0 Å². The lowest BCUT2D eigenvalue weighted by atomic mass is 10.1. The molecule has 0 bridgehead atoms. The highest BCUT2D eigenvalue weighted by atomic mass is 16.7. The molecule has 2 heteroatoms. The maximum absolute atomic E-state index is 5.67. The van der Waals surface area contributed by atoms with Gasteiger partial charge in [-0.15, -0.1) is 0 Å². The second-order valence-corrected chi connectivity index (χ2v) is 4.48. The van der Waals surface area contributed by atoms with E-state index in [1.165, 1.54) is 11.1 Å². The first-order valence-corrected chi connectivity index (χ1v) is 6.25. The van der Waals surface area contributed by atoms with E-state index in [0.717, 1.165) is 25.1 Å². The topological polar surface area (TPSA) is 12.5 Å². The van der Waals surface area contributed by atoms with Crippen molar-refractivity contribution in [2.45, 2.75) is 19.8 Å². The van der Waals surface area contributed by atoms with Gasteiger partial charge in [0, 0.05) is 12.6 Å². The number of hydroxylamine groups is 2. The molecule has 2 rings (SSSR count). The minimum Gasteiger partial charge on any atom is -0.385 e. The molecule has 94 valence electrons. The van der Waals surface area contributed by atoms with Crippen molar-refractivity contribution in [3.8, 4) is 0 Å². The van der Waals surface area contributed by atoms with Crippen molar-refractivity contribution in [2.75, 3.05) is 6.54 Å². The van der Waals surface area contributed by atoms with Crippen LogP contribution in [0.1, 0.15) is 18.9 Å². The maximum atomic E-state index is 5.67. The standard InChI is InChI=1S/C16H19NO/c1-14-10-12-17(13-11-14)18-15(2)8-9-16-6-4-3-5-7-16/h3-7,10-12H,2,8-9,13H2,1H3. The third-order valence-electron chi connectivity index (χ3n) is 2.88. The predicted molar refractivity (Wildman–Crippen MR) is 74.6 cm³/mol. The van der Waals surface area contributed by atoms with Crippen molar-refractivity contribution in [3.63, 3.8) is 0 Å². The predicted octanol–water partition coefficient (Wildman–Crippen LogP) is 3.84. The zero-order chi connectivity index (χ0) is 12.8. The Hall–Kier alpha value is -1.96. The van der Waals surface area contributed by atoms with Gasteiger partial charge in [-0.1, -0.05) is 48.6 Å². The first-order chi connectivity index (χ1) is 8.74. The number of allylic oxidation sites excluding steroid dienone is 3. The van der Waals surface area contributed by atoms with Gasteiger partial charge in [-0.3, -0.25) is 0 Å². The quantitative estimate of drug-likeness (QED) is 0.726. The SMILES string of the molecule is C=C(CCc1ccccc1)ON1C=CC(C)=CC1. The Morgan fingerprint density at radius 2 is 2.11 bits per heavy atom. The molecule has 0 saturated heterocycles. The van der Waals surface area contributed by atoms with Gasteiger partial charge < -0.3 is 4.84 Å². The van der Waals surface area contributed by atoms with Crippen LogP contribution in [-0.4, -0.2) is 11.6 Å². The van der Waals surface area contributed by atoms with Crippen molar-refractivity contribution in [2.24, 2.45) is 0 Å². The van der Waals surface area contributed by atoms with Crippen LogP contribution in [0.3, 0.4) is 0 Å². The second kappa shape index (κ2) is 6.10. The molecule has 0 unspecified atom stereocenters. The van der Waals surface area contributed by atoms with E-state index in [4.69, 9.17) is 4.84 Å². The van der Waals surface area contributed by atoms with Gasteiger partial charge in [0.25, 0.3) is 0 Å². The summed E-state index contributed by atoms with van der Waals surface area (Å²) in [5.41, 5.74) is 2.58. The van der Waals surface area contributed by atoms with Gasteiger partial charge in [0.15, 0.2) is 0 Å². The Kier molecular flexibility index (Phi) is 4.24. The van der Waals surface area contributed by atoms with E-state index in [9.17, 15) is 0 Å². The number of nitrogens with zero attached hydrogens (tertiary/aromatic N) is 1. The summed E-state index contributed by atoms with van der Waals surface area (Å²) in [4.78, 5) is 5.67. The number of hydrogen-bond acceptors (Lipinski definition) is 2. The van der Waals surface area contributed by atoms with Gasteiger partial charge in [-0.05, 0) is 25.0 Å². The number of benzene rings is 1. The van der Waals surface area contributed by atoms with E-state index in [0.29, 0.717) is 0 Å². The van der Waals surface area contributed by atoms with Gasteiger partial charge in [0.1, 0.15) is 5.76 Å². The van der Waals surface area contributed by atoms with E-state index in [2.05, 4.69) is 43.8 Å². The van der Waals surface area contributed by atoms with E-state index < -0.39 is 0 Å². The van der Waals surface area contributed by atoms with E-state index in [1.54, 1.807) is 5.06 Å². The molecule has 0 radical (unpaired) electrons. The Balaban J connectivity index is 1.75. The summed E-state index contributed by atoms with van der Waals surface area (Å²) in [5, 5.41) is 1.81. The van der Waals surface area contributed by atoms with Gasteiger partial charge in [-0.25, -0.2) is 5.06 Å². The molecule has 1 heterocycles. The third kappa shape index (κ3) is 3.81. The van der Waals surface area contributed by atoms with Crippen LogP contribution >= 0.6 is 0 Å². The van der Waals surface area contributed by atoms with Crippen LogP contribution in [0.5, 0.6) is 0 Å². The summed E-state index contributed by atoms with van der Waals surface area (Å²) in [6.45, 7) is 6.83. The molecule has 1 aromatic carbocycles. The summed E-state index contributed by atoms with van der Waals surface area (Å²) in [7, 11) is 0. The second-order valence-electron chi connectivity index (χ2n) is 4.48. The highest BCUT2D eigenvalue weighted by molar-refractivity contribution is 5.19. The first-order valence-electron chi connectivity index (χ1n) is 6.25. The monoisotopic (exact) mass is 241 g/mol. The summed E-state index contributed by atoms with van der Waals surface area (Å²) in [6, 6.07) is 10.4. The Morgan fingerprint density at radius 1 is 1.33 bits per heavy atom. The van der Waals surface area contributed by atoms with Crippen LogP contribution in [0.4, 0.5) is 0 Å². The molecule has 1 aliphatic heterocycles. The molecule has 2 nitrogen and oxygen atoms in total. The number of rotatable bonds is 5. The molecule has 0 aromatic heterocycles. The Morgan fingerprint density at radius 3 is 2.78 bits per heavy atom. The summed E-state index contributed by atoms with van der Waals surface area (Å²) < 4.78 is 0. The maximum Gasteiger partial charge on any atom is 0.125 e. The summed E-state index contributed by atoms with van der Waals surface area (Å²) in [6.07, 6.45) is 7.92. The lowest BCUT2D eigenvalue weighted by Crippen LogP contribution is -2.19. The molecule has 0 amide bonds. The summed E-state index contributed by atoms with van der Waals surface area (Å²) in [5.74, 6) is 0.802. The zero-order valence-electron chi connectivity index (χ0n) is 10.8. The van der Waals surface area contributed by atoms with Gasteiger partial charge >= 0.3 is 0 Å². The van der Waals surface area contributed by atoms with Crippen LogP contribution in [0, 0.1) is 0 Å². The first kappa shape index (κ1) is 12.5. The van der Waals surface area contributed by atoms with Crippen LogP contribution in [0.15, 0.2) is 66.6 Å². The molecule has 0 saturated carbocycles. The van der Waals surface area contributed by atoms with E-state index in [-0.39, 0.29) is 0 Å². The van der Waals surface area contributed by atoms with Crippen molar-refractivity contribution >= 4 is 0 Å². The normalized spacial score (nSPS) is 14.3. The average Bonchev–Trinajstić information content (AvgIpc) is 2.40. The fraction of sp³-hybridized carbons (Fsp3) is 0.250. The van der Waals surface area contributed by atoms with Gasteiger partial charge in [0.05, 0.1) is 6.54 Å². The van der Waals surface area contributed by atoms with E-state index in [1.807, 2.05) is 18.3 Å². The van der Waals surface area contributed by atoms with Gasteiger partial charge in [0.2, 0.25) is 0 Å². The highest BCUT2D eigenvalue weighted by Crippen LogP contribution is 2.13. The van der Waals surface area contributed by atoms with Crippen molar-refractivity contribution in [1.82, 2.24) is 5.06 Å². The molecule has 1 aliphatic rings. The van der Waals surface area contributed by atoms with Crippen LogP contribution in [-0.2, 0) is 11.3 Å². The molecule has 0 spiro atoms. The Bertz CT molecular complexity index is 459. The lowest BCUT2D eigenvalue weighted by molar-refractivity contribution is -0.0700.